The molecule has 94 valence electrons. The van der Waals surface area contributed by atoms with Gasteiger partial charge in [0.15, 0.2) is 0 Å². The summed E-state index contributed by atoms with van der Waals surface area (Å²) in [4.78, 5) is 8.33. The highest BCUT2D eigenvalue weighted by Gasteiger charge is 2.20. The number of hydrogen-bond donors (Lipinski definition) is 1. The molecule has 1 aromatic rings. The molecule has 0 unspecified atom stereocenters. The highest BCUT2D eigenvalue weighted by molar-refractivity contribution is 6.20. The Balaban J connectivity index is 2.03. The van der Waals surface area contributed by atoms with E-state index in [1.165, 1.54) is 6.33 Å². The second-order valence-corrected chi connectivity index (χ2v) is 5.07. The largest absolute Gasteiger partial charge is 0.481 e. The molecule has 4 nitrogen and oxygen atoms in total. The number of alkyl halides is 1. The van der Waals surface area contributed by atoms with Gasteiger partial charge in [-0.05, 0) is 32.6 Å². The zero-order chi connectivity index (χ0) is 12.3. The smallest absolute Gasteiger partial charge is 0.221 e. The first-order chi connectivity index (χ1) is 8.20. The molecule has 0 atom stereocenters. The Morgan fingerprint density at radius 3 is 2.65 bits per heavy atom. The third kappa shape index (κ3) is 3.00. The van der Waals surface area contributed by atoms with Crippen LogP contribution in [-0.2, 0) is 0 Å². The normalized spacial score (nSPS) is 24.4. The van der Waals surface area contributed by atoms with Gasteiger partial charge in [-0.1, -0.05) is 0 Å². The average molecular weight is 256 g/mol. The Morgan fingerprint density at radius 1 is 1.29 bits per heavy atom. The highest BCUT2D eigenvalue weighted by atomic mass is 35.5. The van der Waals surface area contributed by atoms with Crippen LogP contribution in [0.2, 0.25) is 0 Å². The summed E-state index contributed by atoms with van der Waals surface area (Å²) in [5.41, 5.74) is 0.961. The zero-order valence-electron chi connectivity index (χ0n) is 10.2. The van der Waals surface area contributed by atoms with Crippen molar-refractivity contribution in [1.29, 1.82) is 0 Å². The molecule has 0 amide bonds. The van der Waals surface area contributed by atoms with E-state index in [4.69, 9.17) is 16.3 Å². The van der Waals surface area contributed by atoms with E-state index in [9.17, 15) is 0 Å². The quantitative estimate of drug-likeness (QED) is 0.844. The summed E-state index contributed by atoms with van der Waals surface area (Å²) in [5, 5.41) is 3.80. The van der Waals surface area contributed by atoms with E-state index in [1.54, 1.807) is 7.11 Å². The van der Waals surface area contributed by atoms with Crippen molar-refractivity contribution in [1.82, 2.24) is 9.97 Å². The van der Waals surface area contributed by atoms with Crippen molar-refractivity contribution < 1.29 is 4.74 Å². The first-order valence-corrected chi connectivity index (χ1v) is 6.40. The Kier molecular flexibility index (Phi) is 4.05. The number of aromatic nitrogens is 2. The molecular weight excluding hydrogens is 238 g/mol. The monoisotopic (exact) mass is 255 g/mol. The Morgan fingerprint density at radius 2 is 2.00 bits per heavy atom. The molecule has 1 N–H and O–H groups in total. The topological polar surface area (TPSA) is 47.0 Å². The standard InChI is InChI=1S/C12H18ClN3O/c1-8-11(14-7-15-12(8)17-2)16-10-5-3-9(13)4-6-10/h7,9-10H,3-6H2,1-2H3,(H,14,15,16). The molecular formula is C12H18ClN3O. The van der Waals surface area contributed by atoms with Crippen LogP contribution >= 0.6 is 11.6 Å². The number of methoxy groups -OCH3 is 1. The van der Waals surface area contributed by atoms with Crippen LogP contribution in [-0.4, -0.2) is 28.5 Å². The molecule has 0 spiro atoms. The maximum Gasteiger partial charge on any atom is 0.221 e. The van der Waals surface area contributed by atoms with Crippen LogP contribution in [0, 0.1) is 6.92 Å². The van der Waals surface area contributed by atoms with Gasteiger partial charge in [0, 0.05) is 11.4 Å². The van der Waals surface area contributed by atoms with Gasteiger partial charge in [-0.3, -0.25) is 0 Å². The molecule has 1 aliphatic carbocycles. The molecule has 1 aromatic heterocycles. The van der Waals surface area contributed by atoms with Gasteiger partial charge in [0.1, 0.15) is 12.1 Å². The summed E-state index contributed by atoms with van der Waals surface area (Å²) in [7, 11) is 1.62. The van der Waals surface area contributed by atoms with E-state index in [2.05, 4.69) is 15.3 Å². The fraction of sp³-hybridized carbons (Fsp3) is 0.667. The minimum absolute atomic E-state index is 0.342. The van der Waals surface area contributed by atoms with Crippen molar-refractivity contribution >= 4 is 17.4 Å². The van der Waals surface area contributed by atoms with Gasteiger partial charge in [0.2, 0.25) is 5.88 Å². The molecule has 17 heavy (non-hydrogen) atoms. The number of ether oxygens (including phenoxy) is 1. The second kappa shape index (κ2) is 5.54. The lowest BCUT2D eigenvalue weighted by Gasteiger charge is -2.26. The van der Waals surface area contributed by atoms with Gasteiger partial charge in [0.05, 0.1) is 12.7 Å². The first-order valence-electron chi connectivity index (χ1n) is 5.97. The maximum atomic E-state index is 6.09. The van der Waals surface area contributed by atoms with Crippen LogP contribution in [0.3, 0.4) is 0 Å². The number of nitrogens with one attached hydrogen (secondary N) is 1. The van der Waals surface area contributed by atoms with Crippen molar-refractivity contribution in [2.24, 2.45) is 0 Å². The molecule has 2 rings (SSSR count). The summed E-state index contributed by atoms with van der Waals surface area (Å²) in [5.74, 6) is 1.50. The summed E-state index contributed by atoms with van der Waals surface area (Å²) in [6.45, 7) is 1.97. The van der Waals surface area contributed by atoms with Crippen molar-refractivity contribution in [3.63, 3.8) is 0 Å². The van der Waals surface area contributed by atoms with E-state index in [0.29, 0.717) is 17.3 Å². The summed E-state index contributed by atoms with van der Waals surface area (Å²) in [6, 6.07) is 0.461. The van der Waals surface area contributed by atoms with E-state index in [1.807, 2.05) is 6.92 Å². The molecule has 0 radical (unpaired) electrons. The predicted octanol–water partition coefficient (Wildman–Crippen LogP) is 2.76. The molecule has 1 saturated carbocycles. The Hall–Kier alpha value is -1.03. The van der Waals surface area contributed by atoms with Gasteiger partial charge in [-0.2, -0.15) is 0 Å². The van der Waals surface area contributed by atoms with E-state index in [0.717, 1.165) is 37.1 Å². The minimum Gasteiger partial charge on any atom is -0.481 e. The number of halogens is 1. The summed E-state index contributed by atoms with van der Waals surface area (Å²) in [6.07, 6.45) is 5.86. The van der Waals surface area contributed by atoms with Gasteiger partial charge < -0.3 is 10.1 Å². The van der Waals surface area contributed by atoms with Gasteiger partial charge in [0.25, 0.3) is 0 Å². The van der Waals surface area contributed by atoms with Crippen LogP contribution in [0.4, 0.5) is 5.82 Å². The SMILES string of the molecule is COc1ncnc(NC2CCC(Cl)CC2)c1C. The molecule has 0 aliphatic heterocycles. The second-order valence-electron chi connectivity index (χ2n) is 4.45. The fourth-order valence-corrected chi connectivity index (χ4v) is 2.43. The van der Waals surface area contributed by atoms with E-state index < -0.39 is 0 Å². The van der Waals surface area contributed by atoms with Crippen LogP contribution in [0.15, 0.2) is 6.33 Å². The fourth-order valence-electron chi connectivity index (χ4n) is 2.18. The van der Waals surface area contributed by atoms with E-state index in [-0.39, 0.29) is 0 Å². The van der Waals surface area contributed by atoms with Gasteiger partial charge in [-0.25, -0.2) is 9.97 Å². The Labute approximate surface area is 107 Å². The zero-order valence-corrected chi connectivity index (χ0v) is 11.0. The molecule has 0 bridgehead atoms. The average Bonchev–Trinajstić information content (AvgIpc) is 2.35. The third-order valence-electron chi connectivity index (χ3n) is 3.23. The van der Waals surface area contributed by atoms with Gasteiger partial charge >= 0.3 is 0 Å². The van der Waals surface area contributed by atoms with Crippen LogP contribution in [0.1, 0.15) is 31.2 Å². The maximum absolute atomic E-state index is 6.09. The molecule has 1 aliphatic rings. The van der Waals surface area contributed by atoms with Crippen molar-refractivity contribution in [2.45, 2.75) is 44.0 Å². The van der Waals surface area contributed by atoms with Crippen molar-refractivity contribution in [3.8, 4) is 5.88 Å². The molecule has 1 heterocycles. The van der Waals surface area contributed by atoms with Crippen LogP contribution in [0.5, 0.6) is 5.88 Å². The third-order valence-corrected chi connectivity index (χ3v) is 3.67. The highest BCUT2D eigenvalue weighted by Crippen LogP contribution is 2.27. The van der Waals surface area contributed by atoms with Crippen LogP contribution < -0.4 is 10.1 Å². The number of rotatable bonds is 3. The molecule has 0 aromatic carbocycles. The molecule has 5 heteroatoms. The number of nitrogens with zero attached hydrogens (tertiary/aromatic N) is 2. The minimum atomic E-state index is 0.342. The van der Waals surface area contributed by atoms with E-state index >= 15 is 0 Å². The number of anilines is 1. The summed E-state index contributed by atoms with van der Waals surface area (Å²) < 4.78 is 5.18. The molecule has 0 saturated heterocycles. The molecule has 1 fully saturated rings. The van der Waals surface area contributed by atoms with Crippen molar-refractivity contribution in [2.75, 3.05) is 12.4 Å². The lowest BCUT2D eigenvalue weighted by Crippen LogP contribution is -2.27. The van der Waals surface area contributed by atoms with Crippen LogP contribution in [0.25, 0.3) is 0 Å². The van der Waals surface area contributed by atoms with Crippen molar-refractivity contribution in [3.05, 3.63) is 11.9 Å². The predicted molar refractivity (Wildman–Crippen MR) is 68.8 cm³/mol. The lowest BCUT2D eigenvalue weighted by molar-refractivity contribution is 0.393. The first kappa shape index (κ1) is 12.4. The number of hydrogen-bond acceptors (Lipinski definition) is 4. The summed E-state index contributed by atoms with van der Waals surface area (Å²) >= 11 is 6.09. The Bertz CT molecular complexity index is 378. The van der Waals surface area contributed by atoms with Gasteiger partial charge in [-0.15, -0.1) is 11.6 Å². The lowest BCUT2D eigenvalue weighted by atomic mass is 9.95.